The van der Waals surface area contributed by atoms with Gasteiger partial charge >= 0.3 is 0 Å². The summed E-state index contributed by atoms with van der Waals surface area (Å²) in [5.41, 5.74) is 1.10. The number of likely N-dealkylation sites (tertiary alicyclic amines) is 1. The van der Waals surface area contributed by atoms with Gasteiger partial charge in [0.15, 0.2) is 0 Å². The van der Waals surface area contributed by atoms with E-state index in [0.29, 0.717) is 13.1 Å². The molecule has 6 nitrogen and oxygen atoms in total. The van der Waals surface area contributed by atoms with E-state index in [0.717, 1.165) is 24.9 Å². The van der Waals surface area contributed by atoms with E-state index in [1.807, 2.05) is 0 Å². The van der Waals surface area contributed by atoms with Crippen molar-refractivity contribution in [2.24, 2.45) is 5.92 Å². The van der Waals surface area contributed by atoms with Gasteiger partial charge in [0.05, 0.1) is 21.6 Å². The summed E-state index contributed by atoms with van der Waals surface area (Å²) >= 11 is 6.05. The van der Waals surface area contributed by atoms with Crippen LogP contribution in [0.15, 0.2) is 42.5 Å². The van der Waals surface area contributed by atoms with Gasteiger partial charge in [-0.15, -0.1) is 0 Å². The summed E-state index contributed by atoms with van der Waals surface area (Å²) in [4.78, 5) is 25.2. The molecule has 8 heteroatoms. The van der Waals surface area contributed by atoms with Crippen LogP contribution in [0.5, 0.6) is 0 Å². The monoisotopic (exact) mass is 391 g/mol. The summed E-state index contributed by atoms with van der Waals surface area (Å²) in [5.74, 6) is -0.723. The Morgan fingerprint density at radius 2 is 2.04 bits per heavy atom. The van der Waals surface area contributed by atoms with Crippen molar-refractivity contribution >= 4 is 28.9 Å². The molecule has 3 rings (SSSR count). The van der Waals surface area contributed by atoms with Crippen molar-refractivity contribution in [1.29, 1.82) is 0 Å². The first-order valence-electron chi connectivity index (χ1n) is 8.64. The van der Waals surface area contributed by atoms with Crippen molar-refractivity contribution < 1.29 is 14.1 Å². The number of carbonyl (C=O) groups excluding carboxylic acids is 1. The molecule has 1 N–H and O–H groups in total. The van der Waals surface area contributed by atoms with Gasteiger partial charge in [-0.2, -0.15) is 0 Å². The molecule has 1 fully saturated rings. The van der Waals surface area contributed by atoms with Crippen LogP contribution in [0.3, 0.4) is 0 Å². The third-order valence-electron chi connectivity index (χ3n) is 4.61. The van der Waals surface area contributed by atoms with Crippen LogP contribution in [0.4, 0.5) is 15.8 Å². The Bertz CT molecular complexity index is 845. The van der Waals surface area contributed by atoms with Crippen molar-refractivity contribution in [3.8, 4) is 0 Å². The van der Waals surface area contributed by atoms with E-state index >= 15 is 0 Å². The second kappa shape index (κ2) is 8.45. The van der Waals surface area contributed by atoms with E-state index in [1.165, 1.54) is 30.3 Å². The highest BCUT2D eigenvalue weighted by molar-refractivity contribution is 6.33. The Morgan fingerprint density at radius 1 is 1.30 bits per heavy atom. The zero-order valence-electron chi connectivity index (χ0n) is 14.5. The topological polar surface area (TPSA) is 75.5 Å². The fraction of sp³-hybridized carbons (Fsp3) is 0.316. The maximum atomic E-state index is 13.0. The average molecular weight is 392 g/mol. The van der Waals surface area contributed by atoms with Gasteiger partial charge in [-0.3, -0.25) is 19.8 Å². The number of anilines is 1. The Hall–Kier alpha value is -2.51. The fourth-order valence-electron chi connectivity index (χ4n) is 3.22. The molecular weight excluding hydrogens is 373 g/mol. The average Bonchev–Trinajstić information content (AvgIpc) is 2.65. The predicted molar refractivity (Wildman–Crippen MR) is 101 cm³/mol. The van der Waals surface area contributed by atoms with E-state index in [4.69, 9.17) is 11.6 Å². The van der Waals surface area contributed by atoms with Gasteiger partial charge in [-0.1, -0.05) is 23.7 Å². The van der Waals surface area contributed by atoms with Gasteiger partial charge < -0.3 is 5.32 Å². The predicted octanol–water partition coefficient (Wildman–Crippen LogP) is 4.24. The van der Waals surface area contributed by atoms with E-state index in [9.17, 15) is 19.3 Å². The molecule has 1 aliphatic rings. The largest absolute Gasteiger partial charge is 0.324 e. The van der Waals surface area contributed by atoms with Crippen molar-refractivity contribution in [3.05, 3.63) is 69.0 Å². The van der Waals surface area contributed by atoms with E-state index < -0.39 is 4.92 Å². The molecule has 0 bridgehead atoms. The lowest BCUT2D eigenvalue weighted by molar-refractivity contribution is -0.384. The Morgan fingerprint density at radius 3 is 2.74 bits per heavy atom. The number of hydrogen-bond acceptors (Lipinski definition) is 4. The van der Waals surface area contributed by atoms with E-state index in [-0.39, 0.29) is 34.0 Å². The fourth-order valence-corrected chi connectivity index (χ4v) is 3.38. The van der Waals surface area contributed by atoms with Crippen molar-refractivity contribution in [2.75, 3.05) is 18.4 Å². The lowest BCUT2D eigenvalue weighted by atomic mass is 9.96. The zero-order chi connectivity index (χ0) is 19.4. The van der Waals surface area contributed by atoms with E-state index in [1.54, 1.807) is 12.1 Å². The lowest BCUT2D eigenvalue weighted by Crippen LogP contribution is -2.40. The minimum atomic E-state index is -0.531. The number of hydrogen-bond donors (Lipinski definition) is 1. The van der Waals surface area contributed by atoms with Crippen LogP contribution in [0.25, 0.3) is 0 Å². The van der Waals surface area contributed by atoms with Crippen LogP contribution in [0.2, 0.25) is 5.02 Å². The molecule has 0 saturated carbocycles. The summed E-state index contributed by atoms with van der Waals surface area (Å²) in [7, 11) is 0. The first-order chi connectivity index (χ1) is 12.9. The summed E-state index contributed by atoms with van der Waals surface area (Å²) in [6, 6.07) is 10.3. The molecule has 0 unspecified atom stereocenters. The smallest absolute Gasteiger partial charge is 0.271 e. The number of benzene rings is 2. The molecule has 0 spiro atoms. The Kier molecular flexibility index (Phi) is 6.03. The molecular formula is C19H19ClFN3O3. The first kappa shape index (κ1) is 19.3. The standard InChI is InChI=1S/C19H19ClFN3O3/c20-17-8-7-16(24(26)27)10-18(17)22-19(25)14-2-1-9-23(12-14)11-13-3-5-15(21)6-4-13/h3-8,10,14H,1-2,9,11-12H2,(H,22,25)/t14-/m1/s1. The van der Waals surface area contributed by atoms with Crippen molar-refractivity contribution in [3.63, 3.8) is 0 Å². The second-order valence-electron chi connectivity index (χ2n) is 6.61. The number of nitrogens with one attached hydrogen (secondary N) is 1. The third kappa shape index (κ3) is 5.02. The van der Waals surface area contributed by atoms with Gasteiger partial charge in [-0.25, -0.2) is 4.39 Å². The van der Waals surface area contributed by atoms with Crippen LogP contribution in [-0.4, -0.2) is 28.8 Å². The highest BCUT2D eigenvalue weighted by Gasteiger charge is 2.26. The van der Waals surface area contributed by atoms with Crippen LogP contribution < -0.4 is 5.32 Å². The maximum Gasteiger partial charge on any atom is 0.271 e. The molecule has 0 aromatic heterocycles. The SMILES string of the molecule is O=C(Nc1cc([N+](=O)[O-])ccc1Cl)[C@@H]1CCCN(Cc2ccc(F)cc2)C1. The van der Waals surface area contributed by atoms with Crippen LogP contribution in [0, 0.1) is 21.8 Å². The van der Waals surface area contributed by atoms with E-state index in [2.05, 4.69) is 10.2 Å². The number of carbonyl (C=O) groups is 1. The molecule has 27 heavy (non-hydrogen) atoms. The minimum Gasteiger partial charge on any atom is -0.324 e. The molecule has 1 aliphatic heterocycles. The van der Waals surface area contributed by atoms with Crippen LogP contribution in [-0.2, 0) is 11.3 Å². The normalized spacial score (nSPS) is 17.5. The Balaban J connectivity index is 1.64. The Labute approximate surface area is 161 Å². The summed E-state index contributed by atoms with van der Waals surface area (Å²) in [5, 5.41) is 13.9. The third-order valence-corrected chi connectivity index (χ3v) is 4.94. The van der Waals surface area contributed by atoms with Gasteiger partial charge in [0.1, 0.15) is 5.82 Å². The maximum absolute atomic E-state index is 13.0. The number of piperidine rings is 1. The molecule has 2 aromatic carbocycles. The van der Waals surface area contributed by atoms with Gasteiger partial charge in [0.25, 0.3) is 5.69 Å². The molecule has 2 aromatic rings. The quantitative estimate of drug-likeness (QED) is 0.611. The number of nitro groups is 1. The molecule has 1 amide bonds. The number of non-ortho nitro benzene ring substituents is 1. The van der Waals surface area contributed by atoms with Gasteiger partial charge in [0.2, 0.25) is 5.91 Å². The number of amides is 1. The highest BCUT2D eigenvalue weighted by atomic mass is 35.5. The minimum absolute atomic E-state index is 0.128. The van der Waals surface area contributed by atoms with Gasteiger partial charge in [-0.05, 0) is 43.1 Å². The number of rotatable bonds is 5. The second-order valence-corrected chi connectivity index (χ2v) is 7.02. The molecule has 1 saturated heterocycles. The molecule has 1 atom stereocenters. The molecule has 0 aliphatic carbocycles. The number of nitrogens with zero attached hydrogens (tertiary/aromatic N) is 2. The van der Waals surface area contributed by atoms with Crippen LogP contribution >= 0.6 is 11.6 Å². The van der Waals surface area contributed by atoms with Crippen LogP contribution in [0.1, 0.15) is 18.4 Å². The number of halogens is 2. The van der Waals surface area contributed by atoms with Crippen molar-refractivity contribution in [2.45, 2.75) is 19.4 Å². The van der Waals surface area contributed by atoms with Gasteiger partial charge in [0, 0.05) is 25.2 Å². The van der Waals surface area contributed by atoms with Crippen molar-refractivity contribution in [1.82, 2.24) is 4.90 Å². The first-order valence-corrected chi connectivity index (χ1v) is 9.02. The summed E-state index contributed by atoms with van der Waals surface area (Å²) in [6.45, 7) is 2.07. The molecule has 142 valence electrons. The number of nitro benzene ring substituents is 1. The summed E-state index contributed by atoms with van der Waals surface area (Å²) < 4.78 is 13.0. The molecule has 0 radical (unpaired) electrons. The lowest BCUT2D eigenvalue weighted by Gasteiger charge is -2.32. The molecule has 1 heterocycles. The zero-order valence-corrected chi connectivity index (χ0v) is 15.3. The summed E-state index contributed by atoms with van der Waals surface area (Å²) in [6.07, 6.45) is 1.60. The highest BCUT2D eigenvalue weighted by Crippen LogP contribution is 2.28.